The summed E-state index contributed by atoms with van der Waals surface area (Å²) >= 11 is 0. The van der Waals surface area contributed by atoms with Crippen molar-refractivity contribution in [2.75, 3.05) is 6.61 Å². The van der Waals surface area contributed by atoms with Crippen LogP contribution in [0.3, 0.4) is 0 Å². The van der Waals surface area contributed by atoms with E-state index in [0.29, 0.717) is 0 Å². The third kappa shape index (κ3) is 1.29. The molecule has 0 aromatic carbocycles. The van der Waals surface area contributed by atoms with Crippen molar-refractivity contribution in [3.05, 3.63) is 23.6 Å². The molecule has 12 heavy (non-hydrogen) atoms. The normalized spacial score (nSPS) is 25.2. The van der Waals surface area contributed by atoms with Crippen LogP contribution >= 0.6 is 0 Å². The second-order valence-corrected chi connectivity index (χ2v) is 3.82. The summed E-state index contributed by atoms with van der Waals surface area (Å²) in [6, 6.07) is 0. The van der Waals surface area contributed by atoms with Gasteiger partial charge in [0, 0.05) is 18.1 Å². The Kier molecular flexibility index (Phi) is 1.56. The van der Waals surface area contributed by atoms with Crippen LogP contribution in [-0.4, -0.2) is 12.8 Å². The van der Waals surface area contributed by atoms with Crippen LogP contribution in [0.2, 0.25) is 0 Å². The highest BCUT2D eigenvalue weighted by Gasteiger charge is 2.19. The maximum Gasteiger partial charge on any atom is 0.140 e. The predicted octanol–water partition coefficient (Wildman–Crippen LogP) is 2.29. The van der Waals surface area contributed by atoms with Gasteiger partial charge in [-0.25, -0.2) is 0 Å². The summed E-state index contributed by atoms with van der Waals surface area (Å²) in [4.78, 5) is 4.41. The van der Waals surface area contributed by atoms with Crippen molar-refractivity contribution in [2.24, 2.45) is 10.4 Å². The molecule has 0 amide bonds. The molecule has 2 aliphatic heterocycles. The zero-order chi connectivity index (χ0) is 8.60. The lowest BCUT2D eigenvalue weighted by molar-refractivity contribution is 0.256. The number of allylic oxidation sites excluding steroid dienone is 2. The Morgan fingerprint density at radius 2 is 2.33 bits per heavy atom. The SMILES string of the molecule is CC1(C)C=CC2=C(CCO2)N=C1. The summed E-state index contributed by atoms with van der Waals surface area (Å²) in [5.41, 5.74) is 1.16. The molecule has 64 valence electrons. The third-order valence-corrected chi connectivity index (χ3v) is 2.10. The number of ether oxygens (including phenoxy) is 1. The monoisotopic (exact) mass is 163 g/mol. The second kappa shape index (κ2) is 2.47. The summed E-state index contributed by atoms with van der Waals surface area (Å²) < 4.78 is 5.41. The molecule has 2 nitrogen and oxygen atoms in total. The van der Waals surface area contributed by atoms with Crippen LogP contribution in [0.25, 0.3) is 0 Å². The molecular weight excluding hydrogens is 150 g/mol. The highest BCUT2D eigenvalue weighted by molar-refractivity contribution is 5.70. The Hall–Kier alpha value is -1.05. The summed E-state index contributed by atoms with van der Waals surface area (Å²) in [7, 11) is 0. The Morgan fingerprint density at radius 3 is 3.17 bits per heavy atom. The Morgan fingerprint density at radius 1 is 1.50 bits per heavy atom. The molecule has 0 fully saturated rings. The van der Waals surface area contributed by atoms with Gasteiger partial charge in [0.2, 0.25) is 0 Å². The van der Waals surface area contributed by atoms with E-state index in [1.807, 2.05) is 12.3 Å². The quantitative estimate of drug-likeness (QED) is 0.537. The van der Waals surface area contributed by atoms with Crippen molar-refractivity contribution in [2.45, 2.75) is 20.3 Å². The van der Waals surface area contributed by atoms with E-state index in [2.05, 4.69) is 24.9 Å². The van der Waals surface area contributed by atoms with E-state index in [-0.39, 0.29) is 5.41 Å². The van der Waals surface area contributed by atoms with Crippen molar-refractivity contribution in [1.29, 1.82) is 0 Å². The highest BCUT2D eigenvalue weighted by Crippen LogP contribution is 2.27. The van der Waals surface area contributed by atoms with E-state index < -0.39 is 0 Å². The summed E-state index contributed by atoms with van der Waals surface area (Å²) in [5, 5.41) is 0. The van der Waals surface area contributed by atoms with Crippen molar-refractivity contribution < 1.29 is 4.74 Å². The topological polar surface area (TPSA) is 21.6 Å². The molecule has 0 aliphatic carbocycles. The first-order valence-corrected chi connectivity index (χ1v) is 4.28. The molecule has 0 saturated carbocycles. The van der Waals surface area contributed by atoms with Gasteiger partial charge in [0.05, 0.1) is 12.3 Å². The summed E-state index contributed by atoms with van der Waals surface area (Å²) in [6.07, 6.45) is 7.10. The first-order valence-electron chi connectivity index (χ1n) is 4.28. The number of rotatable bonds is 0. The van der Waals surface area contributed by atoms with Gasteiger partial charge in [0.15, 0.2) is 0 Å². The minimum Gasteiger partial charge on any atom is -0.491 e. The molecule has 0 aromatic rings. The lowest BCUT2D eigenvalue weighted by Crippen LogP contribution is -2.08. The van der Waals surface area contributed by atoms with Crippen LogP contribution in [0.15, 0.2) is 28.6 Å². The zero-order valence-electron chi connectivity index (χ0n) is 7.50. The highest BCUT2D eigenvalue weighted by atomic mass is 16.5. The van der Waals surface area contributed by atoms with Crippen LogP contribution < -0.4 is 0 Å². The van der Waals surface area contributed by atoms with Gasteiger partial charge in [-0.2, -0.15) is 0 Å². The summed E-state index contributed by atoms with van der Waals surface area (Å²) in [6.45, 7) is 5.05. The molecule has 0 bridgehead atoms. The lowest BCUT2D eigenvalue weighted by atomic mass is 9.95. The Bertz CT molecular complexity index is 258. The maximum atomic E-state index is 5.41. The Labute approximate surface area is 72.6 Å². The molecule has 0 unspecified atom stereocenters. The van der Waals surface area contributed by atoms with E-state index in [4.69, 9.17) is 4.74 Å². The fraction of sp³-hybridized carbons (Fsp3) is 0.500. The first-order chi connectivity index (χ1) is 5.67. The number of hydrogen-bond acceptors (Lipinski definition) is 2. The average molecular weight is 163 g/mol. The minimum atomic E-state index is 0.0632. The zero-order valence-corrected chi connectivity index (χ0v) is 7.50. The number of aliphatic imine (C=N–C) groups is 1. The van der Waals surface area contributed by atoms with E-state index in [0.717, 1.165) is 24.5 Å². The molecule has 0 aromatic heterocycles. The second-order valence-electron chi connectivity index (χ2n) is 3.82. The standard InChI is InChI=1S/C10H13NO/c1-10(2)5-3-9-8(11-7-10)4-6-12-9/h3,5,7H,4,6H2,1-2H3. The van der Waals surface area contributed by atoms with Crippen molar-refractivity contribution in [3.8, 4) is 0 Å². The molecule has 0 radical (unpaired) electrons. The van der Waals surface area contributed by atoms with Gasteiger partial charge in [0.1, 0.15) is 5.76 Å². The van der Waals surface area contributed by atoms with Crippen molar-refractivity contribution in [1.82, 2.24) is 0 Å². The molecule has 2 rings (SSSR count). The average Bonchev–Trinajstić information content (AvgIpc) is 2.40. The van der Waals surface area contributed by atoms with E-state index in [1.165, 1.54) is 0 Å². The van der Waals surface area contributed by atoms with Gasteiger partial charge in [0.25, 0.3) is 0 Å². The van der Waals surface area contributed by atoms with E-state index in [9.17, 15) is 0 Å². The molecule has 0 N–H and O–H groups in total. The minimum absolute atomic E-state index is 0.0632. The third-order valence-electron chi connectivity index (χ3n) is 2.10. The van der Waals surface area contributed by atoms with Crippen LogP contribution in [0.4, 0.5) is 0 Å². The van der Waals surface area contributed by atoms with Crippen molar-refractivity contribution in [3.63, 3.8) is 0 Å². The number of hydrogen-bond donors (Lipinski definition) is 0. The molecular formula is C10H13NO. The van der Waals surface area contributed by atoms with Crippen LogP contribution in [0, 0.1) is 5.41 Å². The molecule has 0 spiro atoms. The largest absolute Gasteiger partial charge is 0.491 e. The van der Waals surface area contributed by atoms with Gasteiger partial charge in [-0.05, 0) is 6.08 Å². The van der Waals surface area contributed by atoms with Gasteiger partial charge < -0.3 is 4.74 Å². The van der Waals surface area contributed by atoms with E-state index in [1.54, 1.807) is 0 Å². The first kappa shape index (κ1) is 7.59. The summed E-state index contributed by atoms with van der Waals surface area (Å²) in [5.74, 6) is 0.955. The van der Waals surface area contributed by atoms with Crippen molar-refractivity contribution >= 4 is 6.21 Å². The van der Waals surface area contributed by atoms with Crippen LogP contribution in [0.5, 0.6) is 0 Å². The van der Waals surface area contributed by atoms with Crippen LogP contribution in [0.1, 0.15) is 20.3 Å². The van der Waals surface area contributed by atoms with Gasteiger partial charge in [-0.3, -0.25) is 4.99 Å². The maximum absolute atomic E-state index is 5.41. The molecule has 2 heterocycles. The van der Waals surface area contributed by atoms with Gasteiger partial charge in [-0.1, -0.05) is 19.9 Å². The van der Waals surface area contributed by atoms with Crippen LogP contribution in [-0.2, 0) is 4.74 Å². The molecule has 0 saturated heterocycles. The fourth-order valence-corrected chi connectivity index (χ4v) is 1.31. The van der Waals surface area contributed by atoms with E-state index >= 15 is 0 Å². The predicted molar refractivity (Wildman–Crippen MR) is 49.0 cm³/mol. The lowest BCUT2D eigenvalue weighted by Gasteiger charge is -2.11. The fourth-order valence-electron chi connectivity index (χ4n) is 1.31. The molecule has 2 heteroatoms. The van der Waals surface area contributed by atoms with Gasteiger partial charge in [-0.15, -0.1) is 0 Å². The Balaban J connectivity index is 2.34. The van der Waals surface area contributed by atoms with Gasteiger partial charge >= 0.3 is 0 Å². The number of nitrogens with zero attached hydrogens (tertiary/aromatic N) is 1. The molecule has 2 aliphatic rings. The smallest absolute Gasteiger partial charge is 0.140 e. The molecule has 0 atom stereocenters.